The monoisotopic (exact) mass is 497 g/mol. The van der Waals surface area contributed by atoms with Crippen LogP contribution in [0.2, 0.25) is 0 Å². The quantitative estimate of drug-likeness (QED) is 0.394. The zero-order chi connectivity index (χ0) is 24.4. The molecule has 0 aliphatic heterocycles. The Morgan fingerprint density at radius 3 is 2.48 bits per heavy atom. The van der Waals surface area contributed by atoms with Crippen molar-refractivity contribution in [2.45, 2.75) is 35.0 Å². The first-order valence-corrected chi connectivity index (χ1v) is 11.9. The number of thioether (sulfide) groups is 1. The largest absolute Gasteiger partial charge is 0.416 e. The van der Waals surface area contributed by atoms with Gasteiger partial charge in [-0.05, 0) is 55.3 Å². The van der Waals surface area contributed by atoms with Gasteiger partial charge in [-0.1, -0.05) is 23.9 Å². The molecule has 0 bridgehead atoms. The highest BCUT2D eigenvalue weighted by Gasteiger charge is 2.32. The van der Waals surface area contributed by atoms with Crippen molar-refractivity contribution in [1.29, 1.82) is 0 Å². The second-order valence-corrected chi connectivity index (χ2v) is 9.93. The van der Waals surface area contributed by atoms with E-state index >= 15 is 0 Å². The zero-order valence-electron chi connectivity index (χ0n) is 17.4. The molecule has 2 aromatic carbocycles. The summed E-state index contributed by atoms with van der Waals surface area (Å²) in [6.45, 7) is 3.85. The molecule has 0 spiro atoms. The van der Waals surface area contributed by atoms with Gasteiger partial charge in [0.05, 0.1) is 22.4 Å². The molecule has 0 saturated carbocycles. The van der Waals surface area contributed by atoms with E-state index in [1.54, 1.807) is 6.07 Å². The Labute approximate surface area is 191 Å². The van der Waals surface area contributed by atoms with Gasteiger partial charge in [-0.2, -0.15) is 13.2 Å². The summed E-state index contributed by atoms with van der Waals surface area (Å²) in [4.78, 5) is 29.1. The number of carbonyl (C=O) groups is 1. The Kier molecular flexibility index (Phi) is 6.98. The van der Waals surface area contributed by atoms with Gasteiger partial charge in [-0.3, -0.25) is 9.59 Å². The number of nitrogens with one attached hydrogen (secondary N) is 2. The number of sulfone groups is 1. The molecule has 0 atom stereocenters. The van der Waals surface area contributed by atoms with Crippen LogP contribution in [0.1, 0.15) is 16.7 Å². The molecule has 0 fully saturated rings. The fourth-order valence-corrected chi connectivity index (χ4v) is 4.66. The van der Waals surface area contributed by atoms with Crippen LogP contribution in [0.4, 0.5) is 18.9 Å². The van der Waals surface area contributed by atoms with Gasteiger partial charge in [0.25, 0.3) is 5.56 Å². The van der Waals surface area contributed by atoms with Crippen molar-refractivity contribution in [2.24, 2.45) is 0 Å². The molecule has 7 nitrogen and oxygen atoms in total. The van der Waals surface area contributed by atoms with Crippen LogP contribution in [0.5, 0.6) is 0 Å². The first-order chi connectivity index (χ1) is 15.4. The van der Waals surface area contributed by atoms with Crippen molar-refractivity contribution in [3.05, 3.63) is 75.7 Å². The Hall–Kier alpha value is -3.12. The number of H-pyrrole nitrogens is 1. The third kappa shape index (κ3) is 5.82. The lowest BCUT2D eigenvalue weighted by atomic mass is 10.1. The Bertz CT molecular complexity index is 1370. The smallest absolute Gasteiger partial charge is 0.325 e. The molecule has 0 radical (unpaired) electrons. The van der Waals surface area contributed by atoms with Crippen molar-refractivity contribution in [3.8, 4) is 0 Å². The third-order valence-corrected chi connectivity index (χ3v) is 7.27. The summed E-state index contributed by atoms with van der Waals surface area (Å²) in [5, 5.41) is 2.69. The maximum atomic E-state index is 12.9. The van der Waals surface area contributed by atoms with E-state index in [1.807, 2.05) is 26.0 Å². The fourth-order valence-electron chi connectivity index (χ4n) is 2.75. The van der Waals surface area contributed by atoms with Crippen LogP contribution in [0, 0.1) is 13.8 Å². The predicted octanol–water partition coefficient (Wildman–Crippen LogP) is 3.97. The van der Waals surface area contributed by atoms with E-state index in [1.165, 1.54) is 0 Å². The molecule has 3 rings (SSSR count). The molecule has 33 heavy (non-hydrogen) atoms. The van der Waals surface area contributed by atoms with Gasteiger partial charge in [0.1, 0.15) is 0 Å². The number of rotatable bonds is 6. The molecule has 1 amide bonds. The van der Waals surface area contributed by atoms with Crippen LogP contribution in [0.3, 0.4) is 0 Å². The van der Waals surface area contributed by atoms with Crippen LogP contribution in [-0.4, -0.2) is 30.0 Å². The molecule has 0 saturated heterocycles. The Morgan fingerprint density at radius 1 is 1.12 bits per heavy atom. The number of carbonyl (C=O) groups excluding carboxylic acids is 1. The van der Waals surface area contributed by atoms with Crippen molar-refractivity contribution < 1.29 is 26.4 Å². The van der Waals surface area contributed by atoms with Gasteiger partial charge < -0.3 is 10.3 Å². The number of nitrogens with zero attached hydrogens (tertiary/aromatic N) is 1. The van der Waals surface area contributed by atoms with Crippen LogP contribution in [0.15, 0.2) is 68.4 Å². The summed E-state index contributed by atoms with van der Waals surface area (Å²) >= 11 is 0.868. The molecule has 0 aliphatic carbocycles. The van der Waals surface area contributed by atoms with E-state index in [9.17, 15) is 31.2 Å². The van der Waals surface area contributed by atoms with Gasteiger partial charge in [0, 0.05) is 5.69 Å². The summed E-state index contributed by atoms with van der Waals surface area (Å²) in [5.41, 5.74) is 0.468. The Morgan fingerprint density at radius 2 is 1.85 bits per heavy atom. The van der Waals surface area contributed by atoms with Gasteiger partial charge in [-0.25, -0.2) is 13.4 Å². The first kappa shape index (κ1) is 24.5. The number of anilines is 1. The minimum Gasteiger partial charge on any atom is -0.325 e. The van der Waals surface area contributed by atoms with E-state index in [0.717, 1.165) is 47.3 Å². The highest BCUT2D eigenvalue weighted by atomic mass is 32.2. The number of aromatic nitrogens is 2. The van der Waals surface area contributed by atoms with Gasteiger partial charge in [-0.15, -0.1) is 0 Å². The number of aryl methyl sites for hydroxylation is 2. The van der Waals surface area contributed by atoms with Crippen molar-refractivity contribution in [1.82, 2.24) is 9.97 Å². The van der Waals surface area contributed by atoms with Crippen molar-refractivity contribution in [2.75, 3.05) is 11.1 Å². The average Bonchev–Trinajstić information content (AvgIpc) is 2.74. The lowest BCUT2D eigenvalue weighted by molar-refractivity contribution is -0.137. The second-order valence-electron chi connectivity index (χ2n) is 7.05. The van der Waals surface area contributed by atoms with E-state index < -0.39 is 36.9 Å². The lowest BCUT2D eigenvalue weighted by Gasteiger charge is -2.09. The number of hydrogen-bond donors (Lipinski definition) is 2. The highest BCUT2D eigenvalue weighted by Crippen LogP contribution is 2.31. The average molecular weight is 498 g/mol. The number of hydrogen-bond acceptors (Lipinski definition) is 6. The van der Waals surface area contributed by atoms with Gasteiger partial charge in [0.2, 0.25) is 15.7 Å². The number of amides is 1. The van der Waals surface area contributed by atoms with Crippen molar-refractivity contribution in [3.63, 3.8) is 0 Å². The summed E-state index contributed by atoms with van der Waals surface area (Å²) in [5.74, 6) is -0.484. The molecule has 1 aromatic heterocycles. The lowest BCUT2D eigenvalue weighted by Crippen LogP contribution is -2.20. The SMILES string of the molecule is Cc1ccc(NC(=O)CSc2ncc(S(=O)(=O)c3cccc(C(F)(F)F)c3)c(=O)[nH]2)cc1C. The molecular formula is C21H18F3N3O4S2. The van der Waals surface area contributed by atoms with E-state index in [2.05, 4.69) is 15.3 Å². The minimum atomic E-state index is -4.74. The number of aromatic amines is 1. The maximum Gasteiger partial charge on any atom is 0.416 e. The number of alkyl halides is 3. The number of benzene rings is 2. The molecule has 12 heteroatoms. The predicted molar refractivity (Wildman–Crippen MR) is 117 cm³/mol. The molecule has 0 unspecified atom stereocenters. The standard InChI is InChI=1S/C21H18F3N3O4S2/c1-12-6-7-15(8-13(12)2)26-18(28)11-32-20-25-10-17(19(29)27-20)33(30,31)16-5-3-4-14(9-16)21(22,23)24/h3-10H,11H2,1-2H3,(H,26,28)(H,25,27,29). The fraction of sp³-hybridized carbons (Fsp3) is 0.190. The van der Waals surface area contributed by atoms with Gasteiger partial charge >= 0.3 is 6.18 Å². The molecule has 3 aromatic rings. The van der Waals surface area contributed by atoms with Crippen LogP contribution in [-0.2, 0) is 20.8 Å². The summed E-state index contributed by atoms with van der Waals surface area (Å²) in [7, 11) is -4.54. The molecule has 1 heterocycles. The minimum absolute atomic E-state index is 0.0155. The van der Waals surface area contributed by atoms with E-state index in [-0.39, 0.29) is 16.8 Å². The van der Waals surface area contributed by atoms with Crippen LogP contribution < -0.4 is 10.9 Å². The maximum absolute atomic E-state index is 12.9. The van der Waals surface area contributed by atoms with Gasteiger partial charge in [0.15, 0.2) is 10.1 Å². The summed E-state index contributed by atoms with van der Waals surface area (Å²) in [6, 6.07) is 8.50. The van der Waals surface area contributed by atoms with Crippen molar-refractivity contribution >= 4 is 33.2 Å². The molecular weight excluding hydrogens is 479 g/mol. The molecule has 0 aliphatic rings. The van der Waals surface area contributed by atoms with E-state index in [0.29, 0.717) is 11.8 Å². The second kappa shape index (κ2) is 9.40. The zero-order valence-corrected chi connectivity index (χ0v) is 19.0. The number of halogens is 3. The molecule has 174 valence electrons. The first-order valence-electron chi connectivity index (χ1n) is 9.39. The normalized spacial score (nSPS) is 11.9. The highest BCUT2D eigenvalue weighted by molar-refractivity contribution is 7.99. The van der Waals surface area contributed by atoms with Crippen LogP contribution >= 0.6 is 11.8 Å². The molecule has 2 N–H and O–H groups in total. The van der Waals surface area contributed by atoms with E-state index in [4.69, 9.17) is 0 Å². The van der Waals surface area contributed by atoms with Crippen LogP contribution in [0.25, 0.3) is 0 Å². The third-order valence-electron chi connectivity index (χ3n) is 4.64. The Balaban J connectivity index is 1.74. The summed E-state index contributed by atoms with van der Waals surface area (Å²) in [6.07, 6.45) is -3.98. The summed E-state index contributed by atoms with van der Waals surface area (Å²) < 4.78 is 64.1. The topological polar surface area (TPSA) is 109 Å².